The molecule has 5 unspecified atom stereocenters. The average molecular weight is 282 g/mol. The fourth-order valence-electron chi connectivity index (χ4n) is 4.22. The Kier molecular flexibility index (Phi) is 2.30. The minimum atomic E-state index is -1.80. The lowest BCUT2D eigenvalue weighted by molar-refractivity contribution is -0.174. The highest BCUT2D eigenvalue weighted by molar-refractivity contribution is 6.08. The minimum absolute atomic E-state index is 0.00931. The number of hydrogen-bond acceptors (Lipinski definition) is 5. The van der Waals surface area contributed by atoms with Gasteiger partial charge in [0.2, 0.25) is 11.8 Å². The first-order valence-corrected chi connectivity index (χ1v) is 6.56. The van der Waals surface area contributed by atoms with Crippen molar-refractivity contribution < 1.29 is 24.2 Å². The van der Waals surface area contributed by atoms with Crippen molar-refractivity contribution in [3.8, 4) is 0 Å². The summed E-state index contributed by atoms with van der Waals surface area (Å²) in [7, 11) is 3.07. The number of carbonyl (C=O) groups excluding carboxylic acids is 3. The number of imide groups is 1. The molecule has 7 nitrogen and oxygen atoms in total. The fraction of sp³-hybridized carbons (Fsp3) is 0.769. The van der Waals surface area contributed by atoms with Gasteiger partial charge in [0.25, 0.3) is 5.91 Å². The Morgan fingerprint density at radius 2 is 1.85 bits per heavy atom. The summed E-state index contributed by atoms with van der Waals surface area (Å²) in [6.07, 6.45) is 0.00931. The normalized spacial score (nSPS) is 49.2. The van der Waals surface area contributed by atoms with E-state index in [1.165, 1.54) is 19.0 Å². The van der Waals surface area contributed by atoms with Crippen LogP contribution in [-0.4, -0.2) is 58.6 Å². The molecule has 0 saturated carbocycles. The Morgan fingerprint density at radius 3 is 2.40 bits per heavy atom. The molecule has 20 heavy (non-hydrogen) atoms. The van der Waals surface area contributed by atoms with Gasteiger partial charge in [-0.1, -0.05) is 0 Å². The smallest absolute Gasteiger partial charge is 0.257 e. The lowest BCUT2D eigenvalue weighted by Crippen LogP contribution is -2.64. The molecule has 5 atom stereocenters. The molecule has 3 aliphatic heterocycles. The van der Waals surface area contributed by atoms with Gasteiger partial charge < -0.3 is 14.7 Å². The number of likely N-dealkylation sites (N-methyl/N-ethyl adjacent to an activating group) is 1. The van der Waals surface area contributed by atoms with Gasteiger partial charge in [0.15, 0.2) is 5.60 Å². The first-order valence-electron chi connectivity index (χ1n) is 6.56. The number of amides is 3. The summed E-state index contributed by atoms with van der Waals surface area (Å²) in [6.45, 7) is 3.22. The highest BCUT2D eigenvalue weighted by Crippen LogP contribution is 2.63. The Hall–Kier alpha value is -1.47. The Bertz CT molecular complexity index is 547. The van der Waals surface area contributed by atoms with Crippen LogP contribution in [0, 0.1) is 11.8 Å². The Morgan fingerprint density at radius 1 is 1.30 bits per heavy atom. The van der Waals surface area contributed by atoms with E-state index >= 15 is 0 Å². The zero-order valence-corrected chi connectivity index (χ0v) is 11.9. The molecule has 3 aliphatic rings. The van der Waals surface area contributed by atoms with Gasteiger partial charge in [-0.15, -0.1) is 0 Å². The molecule has 0 radical (unpaired) electrons. The summed E-state index contributed by atoms with van der Waals surface area (Å²) >= 11 is 0. The van der Waals surface area contributed by atoms with Crippen LogP contribution in [0.15, 0.2) is 0 Å². The number of nitrogens with one attached hydrogen (secondary N) is 1. The SMILES string of the molecule is CN(C)C(=O)C1(O)CC2(C)OC1(C)C1C(=O)NC(=O)C12. The molecule has 2 N–H and O–H groups in total. The van der Waals surface area contributed by atoms with Crippen LogP contribution in [0.5, 0.6) is 0 Å². The predicted octanol–water partition coefficient (Wildman–Crippen LogP) is -1.35. The fourth-order valence-corrected chi connectivity index (χ4v) is 4.22. The molecular weight excluding hydrogens is 264 g/mol. The number of aliphatic hydroxyl groups is 1. The monoisotopic (exact) mass is 282 g/mol. The van der Waals surface area contributed by atoms with Crippen LogP contribution in [-0.2, 0) is 19.1 Å². The second-order valence-corrected chi connectivity index (χ2v) is 6.57. The van der Waals surface area contributed by atoms with Crippen molar-refractivity contribution in [1.29, 1.82) is 0 Å². The van der Waals surface area contributed by atoms with Crippen LogP contribution in [0.3, 0.4) is 0 Å². The van der Waals surface area contributed by atoms with E-state index < -0.39 is 40.5 Å². The minimum Gasteiger partial charge on any atom is -0.377 e. The van der Waals surface area contributed by atoms with E-state index in [0.717, 1.165) is 0 Å². The number of fused-ring (bicyclic) bond motifs is 5. The molecule has 3 rings (SSSR count). The maximum Gasteiger partial charge on any atom is 0.257 e. The largest absolute Gasteiger partial charge is 0.377 e. The molecule has 3 amide bonds. The van der Waals surface area contributed by atoms with Crippen molar-refractivity contribution >= 4 is 17.7 Å². The molecule has 0 aromatic heterocycles. The highest BCUT2D eigenvalue weighted by atomic mass is 16.6. The third-order valence-corrected chi connectivity index (χ3v) is 5.03. The van der Waals surface area contributed by atoms with Crippen molar-refractivity contribution in [2.45, 2.75) is 37.1 Å². The molecule has 7 heteroatoms. The van der Waals surface area contributed by atoms with Crippen LogP contribution >= 0.6 is 0 Å². The third kappa shape index (κ3) is 1.20. The zero-order chi connectivity index (χ0) is 15.1. The molecule has 3 fully saturated rings. The second-order valence-electron chi connectivity index (χ2n) is 6.57. The van der Waals surface area contributed by atoms with E-state index in [2.05, 4.69) is 5.32 Å². The van der Waals surface area contributed by atoms with Gasteiger partial charge in [-0.05, 0) is 13.8 Å². The molecule has 0 aromatic carbocycles. The van der Waals surface area contributed by atoms with Crippen LogP contribution in [0.1, 0.15) is 20.3 Å². The lowest BCUT2D eigenvalue weighted by Gasteiger charge is -2.42. The molecule has 0 spiro atoms. The summed E-state index contributed by atoms with van der Waals surface area (Å²) in [5.41, 5.74) is -4.19. The zero-order valence-electron chi connectivity index (χ0n) is 11.9. The number of ether oxygens (including phenoxy) is 1. The number of carbonyl (C=O) groups is 3. The van der Waals surface area contributed by atoms with Gasteiger partial charge in [-0.25, -0.2) is 0 Å². The molecule has 0 aliphatic carbocycles. The van der Waals surface area contributed by atoms with Crippen LogP contribution in [0.4, 0.5) is 0 Å². The van der Waals surface area contributed by atoms with Crippen molar-refractivity contribution in [3.63, 3.8) is 0 Å². The van der Waals surface area contributed by atoms with Gasteiger partial charge >= 0.3 is 0 Å². The predicted molar refractivity (Wildman–Crippen MR) is 66.3 cm³/mol. The van der Waals surface area contributed by atoms with Crippen molar-refractivity contribution in [1.82, 2.24) is 10.2 Å². The number of rotatable bonds is 1. The van der Waals surface area contributed by atoms with Crippen LogP contribution in [0.2, 0.25) is 0 Å². The van der Waals surface area contributed by atoms with Gasteiger partial charge in [-0.3, -0.25) is 19.7 Å². The molecule has 3 saturated heterocycles. The van der Waals surface area contributed by atoms with Gasteiger partial charge in [-0.2, -0.15) is 0 Å². The Labute approximate surface area is 116 Å². The molecule has 2 bridgehead atoms. The van der Waals surface area contributed by atoms with Crippen LogP contribution in [0.25, 0.3) is 0 Å². The van der Waals surface area contributed by atoms with Crippen molar-refractivity contribution in [2.24, 2.45) is 11.8 Å². The highest BCUT2D eigenvalue weighted by Gasteiger charge is 2.81. The van der Waals surface area contributed by atoms with Crippen molar-refractivity contribution in [2.75, 3.05) is 14.1 Å². The molecule has 3 heterocycles. The number of nitrogens with zero attached hydrogens (tertiary/aromatic N) is 1. The topological polar surface area (TPSA) is 95.9 Å². The average Bonchev–Trinajstić information content (AvgIpc) is 2.82. The first kappa shape index (κ1) is 13.5. The van der Waals surface area contributed by atoms with Crippen LogP contribution < -0.4 is 5.32 Å². The molecule has 0 aromatic rings. The van der Waals surface area contributed by atoms with E-state index in [-0.39, 0.29) is 12.3 Å². The quantitative estimate of drug-likeness (QED) is 0.579. The van der Waals surface area contributed by atoms with E-state index in [9.17, 15) is 19.5 Å². The van der Waals surface area contributed by atoms with Gasteiger partial charge in [0.1, 0.15) is 5.60 Å². The summed E-state index contributed by atoms with van der Waals surface area (Å²) in [5, 5.41) is 13.2. The summed E-state index contributed by atoms with van der Waals surface area (Å²) in [4.78, 5) is 37.6. The standard InChI is InChI=1S/C13H18N2O5/c1-11-5-13(19,10(18)15(3)4)12(2,20-11)7-6(11)8(16)14-9(7)17/h6-7,19H,5H2,1-4H3,(H,14,16,17). The van der Waals surface area contributed by atoms with E-state index in [4.69, 9.17) is 4.74 Å². The lowest BCUT2D eigenvalue weighted by atomic mass is 9.61. The first-order chi connectivity index (χ1) is 9.07. The van der Waals surface area contributed by atoms with Crippen molar-refractivity contribution in [3.05, 3.63) is 0 Å². The summed E-state index contributed by atoms with van der Waals surface area (Å²) < 4.78 is 5.86. The number of hydrogen-bond donors (Lipinski definition) is 2. The van der Waals surface area contributed by atoms with E-state index in [1.54, 1.807) is 13.8 Å². The summed E-state index contributed by atoms with van der Waals surface area (Å²) in [5.74, 6) is -2.84. The van der Waals surface area contributed by atoms with Gasteiger partial charge in [0, 0.05) is 20.5 Å². The second kappa shape index (κ2) is 3.40. The maximum absolute atomic E-state index is 12.4. The third-order valence-electron chi connectivity index (χ3n) is 5.03. The summed E-state index contributed by atoms with van der Waals surface area (Å²) in [6, 6.07) is 0. The van der Waals surface area contributed by atoms with Gasteiger partial charge in [0.05, 0.1) is 17.4 Å². The van der Waals surface area contributed by atoms with E-state index in [0.29, 0.717) is 0 Å². The van der Waals surface area contributed by atoms with E-state index in [1.807, 2.05) is 0 Å². The Balaban J connectivity index is 2.13. The molecule has 110 valence electrons. The molecular formula is C13H18N2O5. The maximum atomic E-state index is 12.4.